The van der Waals surface area contributed by atoms with E-state index in [-0.39, 0.29) is 0 Å². The van der Waals surface area contributed by atoms with Crippen LogP contribution in [0.5, 0.6) is 0 Å². The van der Waals surface area contributed by atoms with Gasteiger partial charge in [-0.2, -0.15) is 0 Å². The van der Waals surface area contributed by atoms with Crippen LogP contribution in [0.15, 0.2) is 0 Å². The number of morpholine rings is 1. The van der Waals surface area contributed by atoms with E-state index in [4.69, 9.17) is 15.2 Å². The van der Waals surface area contributed by atoms with Gasteiger partial charge in [0.25, 0.3) is 0 Å². The second-order valence-corrected chi connectivity index (χ2v) is 6.19. The van der Waals surface area contributed by atoms with E-state index in [2.05, 4.69) is 4.90 Å². The second kappa shape index (κ2) is 5.45. The monoisotopic (exact) mass is 254 g/mol. The Bertz CT molecular complexity index is 279. The molecule has 4 heteroatoms. The van der Waals surface area contributed by atoms with Crippen molar-refractivity contribution in [3.05, 3.63) is 0 Å². The van der Waals surface area contributed by atoms with Crippen LogP contribution in [0, 0.1) is 5.41 Å². The molecular formula is C14H26N2O2. The first kappa shape index (κ1) is 12.9. The van der Waals surface area contributed by atoms with Gasteiger partial charge in [-0.15, -0.1) is 0 Å². The molecule has 0 bridgehead atoms. The maximum atomic E-state index is 6.08. The molecule has 2 saturated heterocycles. The molecule has 2 heterocycles. The minimum Gasteiger partial charge on any atom is -0.381 e. The summed E-state index contributed by atoms with van der Waals surface area (Å²) in [7, 11) is 0. The maximum Gasteiger partial charge on any atom is 0.0730 e. The molecule has 3 aliphatic rings. The fraction of sp³-hybridized carbons (Fsp3) is 1.00. The van der Waals surface area contributed by atoms with Crippen LogP contribution in [-0.4, -0.2) is 56.5 Å². The lowest BCUT2D eigenvalue weighted by Gasteiger charge is -2.45. The fourth-order valence-corrected chi connectivity index (χ4v) is 3.86. The van der Waals surface area contributed by atoms with Crippen LogP contribution in [0.1, 0.15) is 32.1 Å². The van der Waals surface area contributed by atoms with Crippen LogP contribution < -0.4 is 5.73 Å². The lowest BCUT2D eigenvalue weighted by Crippen LogP contribution is -2.54. The number of fused-ring (bicyclic) bond motifs is 1. The van der Waals surface area contributed by atoms with Gasteiger partial charge < -0.3 is 15.2 Å². The SMILES string of the molecule is NCC1(CN2CCOC3CCCC32)CCOCC1. The van der Waals surface area contributed by atoms with E-state index < -0.39 is 0 Å². The van der Waals surface area contributed by atoms with Crippen molar-refractivity contribution in [1.82, 2.24) is 4.90 Å². The summed E-state index contributed by atoms with van der Waals surface area (Å²) in [6.07, 6.45) is 6.62. The van der Waals surface area contributed by atoms with Gasteiger partial charge in [0.2, 0.25) is 0 Å². The van der Waals surface area contributed by atoms with Gasteiger partial charge in [0.05, 0.1) is 12.7 Å². The Labute approximate surface area is 110 Å². The first-order chi connectivity index (χ1) is 8.83. The summed E-state index contributed by atoms with van der Waals surface area (Å²) in [6, 6.07) is 0.657. The maximum absolute atomic E-state index is 6.08. The molecule has 2 unspecified atom stereocenters. The van der Waals surface area contributed by atoms with Gasteiger partial charge in [-0.25, -0.2) is 0 Å². The third kappa shape index (κ3) is 2.44. The molecule has 1 aliphatic carbocycles. The van der Waals surface area contributed by atoms with E-state index in [1.807, 2.05) is 0 Å². The summed E-state index contributed by atoms with van der Waals surface area (Å²) in [6.45, 7) is 5.70. The highest BCUT2D eigenvalue weighted by Gasteiger charge is 2.40. The van der Waals surface area contributed by atoms with Crippen molar-refractivity contribution in [3.8, 4) is 0 Å². The van der Waals surface area contributed by atoms with Gasteiger partial charge in [-0.1, -0.05) is 0 Å². The number of nitrogens with zero attached hydrogens (tertiary/aromatic N) is 1. The van der Waals surface area contributed by atoms with E-state index in [9.17, 15) is 0 Å². The molecule has 2 atom stereocenters. The molecule has 2 N–H and O–H groups in total. The van der Waals surface area contributed by atoms with Crippen molar-refractivity contribution in [2.45, 2.75) is 44.2 Å². The highest BCUT2D eigenvalue weighted by atomic mass is 16.5. The van der Waals surface area contributed by atoms with E-state index in [0.29, 0.717) is 17.6 Å². The Kier molecular flexibility index (Phi) is 3.89. The topological polar surface area (TPSA) is 47.7 Å². The predicted octanol–water partition coefficient (Wildman–Crippen LogP) is 0.995. The van der Waals surface area contributed by atoms with Crippen molar-refractivity contribution in [2.24, 2.45) is 11.1 Å². The standard InChI is InChI=1S/C14H26N2O2/c15-10-14(4-7-17-8-5-14)11-16-6-9-18-13-3-1-2-12(13)16/h12-13H,1-11,15H2. The average Bonchev–Trinajstić information content (AvgIpc) is 2.89. The van der Waals surface area contributed by atoms with Crippen molar-refractivity contribution >= 4 is 0 Å². The highest BCUT2D eigenvalue weighted by Crippen LogP contribution is 2.35. The smallest absolute Gasteiger partial charge is 0.0730 e. The number of ether oxygens (including phenoxy) is 2. The third-order valence-electron chi connectivity index (χ3n) is 5.12. The zero-order chi connectivity index (χ0) is 12.4. The van der Waals surface area contributed by atoms with Crippen molar-refractivity contribution in [3.63, 3.8) is 0 Å². The molecule has 0 aromatic rings. The van der Waals surface area contributed by atoms with Crippen LogP contribution in [0.2, 0.25) is 0 Å². The van der Waals surface area contributed by atoms with Gasteiger partial charge in [0.1, 0.15) is 0 Å². The summed E-state index contributed by atoms with van der Waals surface area (Å²) in [5, 5.41) is 0. The number of rotatable bonds is 3. The summed E-state index contributed by atoms with van der Waals surface area (Å²) in [5.74, 6) is 0. The Morgan fingerprint density at radius 3 is 2.78 bits per heavy atom. The quantitative estimate of drug-likeness (QED) is 0.816. The minimum atomic E-state index is 0.294. The Morgan fingerprint density at radius 1 is 1.17 bits per heavy atom. The summed E-state index contributed by atoms with van der Waals surface area (Å²) in [4.78, 5) is 2.67. The fourth-order valence-electron chi connectivity index (χ4n) is 3.86. The number of hydrogen-bond donors (Lipinski definition) is 1. The van der Waals surface area contributed by atoms with Crippen LogP contribution in [0.4, 0.5) is 0 Å². The average molecular weight is 254 g/mol. The third-order valence-corrected chi connectivity index (χ3v) is 5.12. The molecular weight excluding hydrogens is 228 g/mol. The molecule has 2 aliphatic heterocycles. The van der Waals surface area contributed by atoms with E-state index in [1.54, 1.807) is 0 Å². The lowest BCUT2D eigenvalue weighted by molar-refractivity contribution is -0.0809. The summed E-state index contributed by atoms with van der Waals surface area (Å²) in [5.41, 5.74) is 6.37. The zero-order valence-corrected chi connectivity index (χ0v) is 11.3. The molecule has 3 rings (SSSR count). The predicted molar refractivity (Wildman–Crippen MR) is 70.5 cm³/mol. The molecule has 0 amide bonds. The van der Waals surface area contributed by atoms with Gasteiger partial charge in [-0.05, 0) is 44.1 Å². The van der Waals surface area contributed by atoms with Gasteiger partial charge in [0, 0.05) is 32.3 Å². The molecule has 1 saturated carbocycles. The van der Waals surface area contributed by atoms with Crippen LogP contribution in [-0.2, 0) is 9.47 Å². The largest absolute Gasteiger partial charge is 0.381 e. The van der Waals surface area contributed by atoms with E-state index >= 15 is 0 Å². The molecule has 4 nitrogen and oxygen atoms in total. The van der Waals surface area contributed by atoms with Gasteiger partial charge >= 0.3 is 0 Å². The van der Waals surface area contributed by atoms with Crippen molar-refractivity contribution in [1.29, 1.82) is 0 Å². The summed E-state index contributed by atoms with van der Waals surface area (Å²) < 4.78 is 11.4. The molecule has 0 aromatic carbocycles. The van der Waals surface area contributed by atoms with Gasteiger partial charge in [0.15, 0.2) is 0 Å². The zero-order valence-electron chi connectivity index (χ0n) is 11.3. The van der Waals surface area contributed by atoms with Crippen molar-refractivity contribution < 1.29 is 9.47 Å². The Balaban J connectivity index is 1.66. The first-order valence-corrected chi connectivity index (χ1v) is 7.46. The highest BCUT2D eigenvalue weighted by molar-refractivity contribution is 4.94. The molecule has 3 fully saturated rings. The van der Waals surface area contributed by atoms with Crippen LogP contribution in [0.3, 0.4) is 0 Å². The van der Waals surface area contributed by atoms with Crippen LogP contribution >= 0.6 is 0 Å². The molecule has 18 heavy (non-hydrogen) atoms. The van der Waals surface area contributed by atoms with Gasteiger partial charge in [-0.3, -0.25) is 4.90 Å². The Hall–Kier alpha value is -0.160. The summed E-state index contributed by atoms with van der Waals surface area (Å²) >= 11 is 0. The first-order valence-electron chi connectivity index (χ1n) is 7.46. The molecule has 0 aromatic heterocycles. The van der Waals surface area contributed by atoms with Crippen molar-refractivity contribution in [2.75, 3.05) is 39.5 Å². The second-order valence-electron chi connectivity index (χ2n) is 6.19. The molecule has 0 spiro atoms. The van der Waals surface area contributed by atoms with E-state index in [0.717, 1.165) is 52.3 Å². The number of hydrogen-bond acceptors (Lipinski definition) is 4. The lowest BCUT2D eigenvalue weighted by atomic mass is 9.79. The minimum absolute atomic E-state index is 0.294. The molecule has 0 radical (unpaired) electrons. The normalized spacial score (nSPS) is 36.5. The number of nitrogens with two attached hydrogens (primary N) is 1. The van der Waals surface area contributed by atoms with E-state index in [1.165, 1.54) is 19.3 Å². The Morgan fingerprint density at radius 2 is 2.00 bits per heavy atom. The molecule has 104 valence electrons. The van der Waals surface area contributed by atoms with Crippen LogP contribution in [0.25, 0.3) is 0 Å².